The van der Waals surface area contributed by atoms with Crippen LogP contribution in [0.5, 0.6) is 0 Å². The number of carbonyl (C=O) groups is 2. The van der Waals surface area contributed by atoms with Gasteiger partial charge in [0, 0.05) is 5.56 Å². The number of esters is 1. The summed E-state index contributed by atoms with van der Waals surface area (Å²) >= 11 is 0. The van der Waals surface area contributed by atoms with Crippen LogP contribution in [0.4, 0.5) is 0 Å². The number of hydrogen-bond acceptors (Lipinski definition) is 6. The number of aliphatic hydroxyl groups excluding tert-OH is 1. The van der Waals surface area contributed by atoms with Gasteiger partial charge in [0.25, 0.3) is 0 Å². The molecule has 2 unspecified atom stereocenters. The van der Waals surface area contributed by atoms with Crippen molar-refractivity contribution in [2.75, 3.05) is 7.11 Å². The molecule has 0 saturated carbocycles. The zero-order valence-corrected chi connectivity index (χ0v) is 17.9. The molecule has 0 bridgehead atoms. The van der Waals surface area contributed by atoms with E-state index >= 15 is 0 Å². The number of aromatic nitrogens is 2. The third-order valence-corrected chi connectivity index (χ3v) is 5.57. The molecule has 0 aliphatic carbocycles. The molecule has 0 amide bonds. The number of methoxy groups -OCH3 is 1. The van der Waals surface area contributed by atoms with Crippen LogP contribution in [0, 0.1) is 5.92 Å². The fourth-order valence-corrected chi connectivity index (χ4v) is 3.85. The third-order valence-electron chi connectivity index (χ3n) is 5.57. The number of hydrogen-bond donors (Lipinski definition) is 2. The maximum atomic E-state index is 12.1. The van der Waals surface area contributed by atoms with Crippen LogP contribution in [0.25, 0.3) is 22.1 Å². The summed E-state index contributed by atoms with van der Waals surface area (Å²) in [7, 11) is 1.30. The Labute approximate surface area is 181 Å². The average molecular weight is 424 g/mol. The van der Waals surface area contributed by atoms with Crippen molar-refractivity contribution < 1.29 is 24.5 Å². The molecule has 0 aliphatic heterocycles. The number of ether oxygens (including phenoxy) is 1. The second-order valence-corrected chi connectivity index (χ2v) is 7.70. The second-order valence-electron chi connectivity index (χ2n) is 7.70. The van der Waals surface area contributed by atoms with Gasteiger partial charge in [-0.3, -0.25) is 4.79 Å². The van der Waals surface area contributed by atoms with Gasteiger partial charge < -0.3 is 14.9 Å². The van der Waals surface area contributed by atoms with Gasteiger partial charge in [-0.05, 0) is 24.6 Å². The summed E-state index contributed by atoms with van der Waals surface area (Å²) in [5.74, 6) is -2.46. The van der Waals surface area contributed by atoms with E-state index in [1.54, 1.807) is 36.4 Å². The van der Waals surface area contributed by atoms with E-state index in [1.807, 2.05) is 0 Å². The standard InChI is InChI=1S/C24H28N2O5/c1-3-4-5-6-7-10-17(23(28)29)22(27)15-11-8-13-18-20(15)25-19-14-9-12-16(21(19)26-18)24(30)31-2/h8-9,11-14,17,22,27H,3-7,10H2,1-2H3,(H,28,29). The fourth-order valence-electron chi connectivity index (χ4n) is 3.85. The van der Waals surface area contributed by atoms with Crippen molar-refractivity contribution >= 4 is 34.0 Å². The van der Waals surface area contributed by atoms with Crippen LogP contribution in [0.15, 0.2) is 36.4 Å². The fraction of sp³-hybridized carbons (Fsp3) is 0.417. The molecular formula is C24H28N2O5. The lowest BCUT2D eigenvalue weighted by atomic mass is 9.90. The molecule has 0 fully saturated rings. The highest BCUT2D eigenvalue weighted by atomic mass is 16.5. The van der Waals surface area contributed by atoms with E-state index in [4.69, 9.17) is 4.74 Å². The highest BCUT2D eigenvalue weighted by molar-refractivity contribution is 6.03. The largest absolute Gasteiger partial charge is 0.481 e. The number of aliphatic carboxylic acids is 1. The molecule has 2 N–H and O–H groups in total. The van der Waals surface area contributed by atoms with Gasteiger partial charge >= 0.3 is 11.9 Å². The normalized spacial score (nSPS) is 13.3. The van der Waals surface area contributed by atoms with Gasteiger partial charge in [0.15, 0.2) is 0 Å². The molecule has 1 aromatic heterocycles. The number of aliphatic hydroxyl groups is 1. The van der Waals surface area contributed by atoms with Crippen LogP contribution in [0.2, 0.25) is 0 Å². The Bertz CT molecular complexity index is 1080. The molecule has 2 atom stereocenters. The molecule has 7 heteroatoms. The van der Waals surface area contributed by atoms with Crippen molar-refractivity contribution in [2.45, 2.75) is 51.6 Å². The monoisotopic (exact) mass is 424 g/mol. The van der Waals surface area contributed by atoms with Gasteiger partial charge in [-0.2, -0.15) is 0 Å². The van der Waals surface area contributed by atoms with Gasteiger partial charge in [0.05, 0.1) is 41.2 Å². The second kappa shape index (κ2) is 10.3. The van der Waals surface area contributed by atoms with Gasteiger partial charge in [0.2, 0.25) is 0 Å². The molecule has 31 heavy (non-hydrogen) atoms. The molecule has 164 valence electrons. The summed E-state index contributed by atoms with van der Waals surface area (Å²) in [5, 5.41) is 20.7. The minimum absolute atomic E-state index is 0.302. The van der Waals surface area contributed by atoms with E-state index in [9.17, 15) is 19.8 Å². The smallest absolute Gasteiger partial charge is 0.340 e. The maximum Gasteiger partial charge on any atom is 0.340 e. The molecule has 0 spiro atoms. The Morgan fingerprint density at radius 1 is 0.968 bits per heavy atom. The first kappa shape index (κ1) is 22.6. The van der Waals surface area contributed by atoms with Crippen molar-refractivity contribution in [1.82, 2.24) is 9.97 Å². The van der Waals surface area contributed by atoms with Crippen LogP contribution in [-0.4, -0.2) is 39.2 Å². The average Bonchev–Trinajstić information content (AvgIpc) is 2.78. The third kappa shape index (κ3) is 4.99. The molecule has 3 rings (SSSR count). The number of carboxylic acid groups (broad SMARTS) is 1. The number of fused-ring (bicyclic) bond motifs is 2. The Morgan fingerprint density at radius 3 is 2.29 bits per heavy atom. The molecule has 0 saturated heterocycles. The van der Waals surface area contributed by atoms with Crippen LogP contribution in [0.1, 0.15) is 67.5 Å². The Balaban J connectivity index is 1.98. The summed E-state index contributed by atoms with van der Waals surface area (Å²) in [6.45, 7) is 2.13. The number of para-hydroxylation sites is 2. The van der Waals surface area contributed by atoms with Crippen LogP contribution in [0.3, 0.4) is 0 Å². The Kier molecular flexibility index (Phi) is 7.52. The molecule has 7 nitrogen and oxygen atoms in total. The number of carbonyl (C=O) groups excluding carboxylic acids is 1. The zero-order chi connectivity index (χ0) is 22.4. The van der Waals surface area contributed by atoms with Gasteiger partial charge in [0.1, 0.15) is 5.52 Å². The van der Waals surface area contributed by atoms with Crippen molar-refractivity contribution in [1.29, 1.82) is 0 Å². The number of carboxylic acids is 1. The molecular weight excluding hydrogens is 396 g/mol. The molecule has 0 radical (unpaired) electrons. The molecule has 3 aromatic rings. The first-order chi connectivity index (χ1) is 15.0. The number of nitrogens with zero attached hydrogens (tertiary/aromatic N) is 2. The van der Waals surface area contributed by atoms with Crippen molar-refractivity contribution in [2.24, 2.45) is 5.92 Å². The Morgan fingerprint density at radius 2 is 1.61 bits per heavy atom. The lowest BCUT2D eigenvalue weighted by Gasteiger charge is -2.20. The quantitative estimate of drug-likeness (QED) is 0.277. The predicted molar refractivity (Wildman–Crippen MR) is 118 cm³/mol. The van der Waals surface area contributed by atoms with Gasteiger partial charge in [-0.25, -0.2) is 14.8 Å². The Hall–Kier alpha value is -3.06. The summed E-state index contributed by atoms with van der Waals surface area (Å²) < 4.78 is 4.83. The minimum atomic E-state index is -1.21. The highest BCUT2D eigenvalue weighted by Crippen LogP contribution is 2.32. The van der Waals surface area contributed by atoms with Crippen LogP contribution < -0.4 is 0 Å². The molecule has 1 heterocycles. The first-order valence-corrected chi connectivity index (χ1v) is 10.7. The summed E-state index contributed by atoms with van der Waals surface area (Å²) in [6.07, 6.45) is 4.18. The summed E-state index contributed by atoms with van der Waals surface area (Å²) in [4.78, 5) is 33.1. The minimum Gasteiger partial charge on any atom is -0.481 e. The number of benzene rings is 2. The van der Waals surface area contributed by atoms with E-state index in [0.29, 0.717) is 39.6 Å². The van der Waals surface area contributed by atoms with Gasteiger partial charge in [-0.1, -0.05) is 57.2 Å². The highest BCUT2D eigenvalue weighted by Gasteiger charge is 2.29. The maximum absolute atomic E-state index is 12.1. The first-order valence-electron chi connectivity index (χ1n) is 10.7. The van der Waals surface area contributed by atoms with Crippen molar-refractivity contribution in [3.63, 3.8) is 0 Å². The summed E-state index contributed by atoms with van der Waals surface area (Å²) in [6, 6.07) is 10.1. The van der Waals surface area contributed by atoms with Crippen molar-refractivity contribution in [3.05, 3.63) is 47.5 Å². The van der Waals surface area contributed by atoms with Crippen molar-refractivity contribution in [3.8, 4) is 0 Å². The lowest BCUT2D eigenvalue weighted by Crippen LogP contribution is -2.22. The molecule has 2 aromatic carbocycles. The SMILES string of the molecule is CCCCCCCC(C(=O)O)C(O)c1cccc2nc3c(C(=O)OC)cccc3nc12. The number of unbranched alkanes of at least 4 members (excludes halogenated alkanes) is 4. The zero-order valence-electron chi connectivity index (χ0n) is 17.9. The topological polar surface area (TPSA) is 110 Å². The van der Waals surface area contributed by atoms with E-state index in [1.165, 1.54) is 7.11 Å². The molecule has 0 aliphatic rings. The predicted octanol–water partition coefficient (Wildman–Crippen LogP) is 4.66. The van der Waals surface area contributed by atoms with E-state index in [0.717, 1.165) is 32.1 Å². The van der Waals surface area contributed by atoms with E-state index in [2.05, 4.69) is 16.9 Å². The van der Waals surface area contributed by atoms with Crippen LogP contribution in [-0.2, 0) is 9.53 Å². The van der Waals surface area contributed by atoms with E-state index < -0.39 is 24.0 Å². The lowest BCUT2D eigenvalue weighted by molar-refractivity contribution is -0.146. The number of rotatable bonds is 10. The van der Waals surface area contributed by atoms with E-state index in [-0.39, 0.29) is 0 Å². The van der Waals surface area contributed by atoms with Gasteiger partial charge in [-0.15, -0.1) is 0 Å². The summed E-state index contributed by atoms with van der Waals surface area (Å²) in [5.41, 5.74) is 2.52. The van der Waals surface area contributed by atoms with Crippen LogP contribution >= 0.6 is 0 Å².